The van der Waals surface area contributed by atoms with Crippen LogP contribution in [0.4, 0.5) is 16.3 Å². The van der Waals surface area contributed by atoms with Crippen LogP contribution in [0, 0.1) is 6.92 Å². The van der Waals surface area contributed by atoms with E-state index in [2.05, 4.69) is 30.8 Å². The zero-order valence-corrected chi connectivity index (χ0v) is 13.9. The molecule has 0 radical (unpaired) electrons. The van der Waals surface area contributed by atoms with E-state index >= 15 is 0 Å². The predicted molar refractivity (Wildman–Crippen MR) is 94.7 cm³/mol. The number of nitrogens with zero attached hydrogens (tertiary/aromatic N) is 5. The third kappa shape index (κ3) is 3.23. The Bertz CT molecular complexity index is 892. The summed E-state index contributed by atoms with van der Waals surface area (Å²) in [6.45, 7) is 3.44. The van der Waals surface area contributed by atoms with E-state index < -0.39 is 0 Å². The lowest BCUT2D eigenvalue weighted by atomic mass is 10.3. The van der Waals surface area contributed by atoms with Gasteiger partial charge in [0.05, 0.1) is 0 Å². The van der Waals surface area contributed by atoms with Crippen molar-refractivity contribution in [1.29, 1.82) is 0 Å². The van der Waals surface area contributed by atoms with Crippen molar-refractivity contribution in [2.75, 3.05) is 23.3 Å². The number of aryl methyl sites for hydroxylation is 1. The number of urea groups is 1. The second kappa shape index (κ2) is 6.39. The van der Waals surface area contributed by atoms with Crippen LogP contribution in [0.3, 0.4) is 0 Å². The first kappa shape index (κ1) is 15.4. The van der Waals surface area contributed by atoms with Crippen LogP contribution in [0.25, 0.3) is 5.65 Å². The largest absolute Gasteiger partial charge is 0.353 e. The Hall–Kier alpha value is -3.16. The van der Waals surface area contributed by atoms with Gasteiger partial charge in [-0.2, -0.15) is 4.52 Å². The molecule has 0 bridgehead atoms. The van der Waals surface area contributed by atoms with Crippen molar-refractivity contribution < 1.29 is 4.79 Å². The summed E-state index contributed by atoms with van der Waals surface area (Å²) in [5.74, 6) is 1.62. The van der Waals surface area contributed by atoms with Crippen molar-refractivity contribution in [3.05, 3.63) is 48.3 Å². The van der Waals surface area contributed by atoms with Crippen LogP contribution in [-0.4, -0.2) is 45.0 Å². The number of hydrogen-bond donors (Lipinski definition) is 2. The Kier molecular flexibility index (Phi) is 3.93. The molecule has 2 amide bonds. The molecule has 25 heavy (non-hydrogen) atoms. The van der Waals surface area contributed by atoms with Crippen molar-refractivity contribution in [1.82, 2.24) is 25.1 Å². The molecule has 1 unspecified atom stereocenters. The second-order valence-corrected chi connectivity index (χ2v) is 6.10. The van der Waals surface area contributed by atoms with E-state index in [1.165, 1.54) is 0 Å². The van der Waals surface area contributed by atoms with Crippen LogP contribution in [0.15, 0.2) is 42.5 Å². The lowest BCUT2D eigenvalue weighted by Crippen LogP contribution is -2.39. The second-order valence-electron chi connectivity index (χ2n) is 6.10. The molecule has 1 fully saturated rings. The number of hydrogen-bond acceptors (Lipinski definition) is 5. The molecule has 8 nitrogen and oxygen atoms in total. The summed E-state index contributed by atoms with van der Waals surface area (Å²) in [4.78, 5) is 14.3. The van der Waals surface area contributed by atoms with Gasteiger partial charge < -0.3 is 15.5 Å². The van der Waals surface area contributed by atoms with Crippen LogP contribution in [-0.2, 0) is 0 Å². The van der Waals surface area contributed by atoms with Gasteiger partial charge in [0.25, 0.3) is 0 Å². The Morgan fingerprint density at radius 1 is 1.16 bits per heavy atom. The smallest absolute Gasteiger partial charge is 0.319 e. The Balaban J connectivity index is 1.38. The van der Waals surface area contributed by atoms with Crippen LogP contribution in [0.2, 0.25) is 0 Å². The molecule has 3 aromatic rings. The number of benzene rings is 1. The monoisotopic (exact) mass is 337 g/mol. The standard InChI is InChI=1S/C17H19N7O/c1-12-20-21-15-7-8-16(22-24(12)15)23-10-9-14(11-23)19-17(25)18-13-5-3-2-4-6-13/h2-8,14H,9-11H2,1H3,(H2,18,19,25). The highest BCUT2D eigenvalue weighted by molar-refractivity contribution is 5.89. The quantitative estimate of drug-likeness (QED) is 0.761. The third-order valence-electron chi connectivity index (χ3n) is 4.28. The van der Waals surface area contributed by atoms with Crippen molar-refractivity contribution in [3.63, 3.8) is 0 Å². The summed E-state index contributed by atoms with van der Waals surface area (Å²) in [6.07, 6.45) is 0.878. The minimum absolute atomic E-state index is 0.0863. The SMILES string of the molecule is Cc1nnc2ccc(N3CCC(NC(=O)Nc4ccccc4)C3)nn12. The fraction of sp³-hybridized carbons (Fsp3) is 0.294. The maximum absolute atomic E-state index is 12.1. The molecule has 1 aliphatic rings. The van der Waals surface area contributed by atoms with Gasteiger partial charge >= 0.3 is 6.03 Å². The first-order chi connectivity index (χ1) is 12.2. The summed E-state index contributed by atoms with van der Waals surface area (Å²) in [5.41, 5.74) is 1.52. The highest BCUT2D eigenvalue weighted by Crippen LogP contribution is 2.18. The number of carbonyl (C=O) groups excluding carboxylic acids is 1. The zero-order chi connectivity index (χ0) is 17.2. The number of amides is 2. The number of anilines is 2. The zero-order valence-electron chi connectivity index (χ0n) is 13.9. The van der Waals surface area contributed by atoms with Gasteiger partial charge in [-0.05, 0) is 37.6 Å². The molecular formula is C17H19N7O. The molecule has 1 saturated heterocycles. The highest BCUT2D eigenvalue weighted by atomic mass is 16.2. The van der Waals surface area contributed by atoms with Gasteiger partial charge in [-0.15, -0.1) is 15.3 Å². The van der Waals surface area contributed by atoms with Crippen molar-refractivity contribution in [3.8, 4) is 0 Å². The fourth-order valence-corrected chi connectivity index (χ4v) is 3.02. The average molecular weight is 337 g/mol. The number of para-hydroxylation sites is 1. The van der Waals surface area contributed by atoms with Crippen molar-refractivity contribution >= 4 is 23.2 Å². The first-order valence-corrected chi connectivity index (χ1v) is 8.25. The Morgan fingerprint density at radius 2 is 2.00 bits per heavy atom. The molecule has 1 atom stereocenters. The lowest BCUT2D eigenvalue weighted by Gasteiger charge is -2.18. The Labute approximate surface area is 144 Å². The number of aromatic nitrogens is 4. The minimum Gasteiger partial charge on any atom is -0.353 e. The van der Waals surface area contributed by atoms with Gasteiger partial charge in [-0.1, -0.05) is 18.2 Å². The molecule has 128 valence electrons. The van der Waals surface area contributed by atoms with E-state index in [-0.39, 0.29) is 12.1 Å². The number of rotatable bonds is 3. The minimum atomic E-state index is -0.184. The van der Waals surface area contributed by atoms with Gasteiger partial charge in [0, 0.05) is 24.8 Å². The molecule has 8 heteroatoms. The molecule has 1 aromatic carbocycles. The molecule has 2 N–H and O–H groups in total. The van der Waals surface area contributed by atoms with E-state index in [1.807, 2.05) is 49.4 Å². The molecule has 3 heterocycles. The molecule has 0 saturated carbocycles. The predicted octanol–water partition coefficient (Wildman–Crippen LogP) is 1.83. The Morgan fingerprint density at radius 3 is 2.84 bits per heavy atom. The molecule has 0 spiro atoms. The van der Waals surface area contributed by atoms with Crippen LogP contribution in [0.1, 0.15) is 12.2 Å². The topological polar surface area (TPSA) is 87.5 Å². The number of carbonyl (C=O) groups is 1. The fourth-order valence-electron chi connectivity index (χ4n) is 3.02. The van der Waals surface area contributed by atoms with E-state index in [1.54, 1.807) is 4.52 Å². The molecule has 1 aliphatic heterocycles. The van der Waals surface area contributed by atoms with E-state index in [4.69, 9.17) is 0 Å². The van der Waals surface area contributed by atoms with Gasteiger partial charge in [-0.3, -0.25) is 0 Å². The number of nitrogens with one attached hydrogen (secondary N) is 2. The van der Waals surface area contributed by atoms with Gasteiger partial charge in [0.1, 0.15) is 5.82 Å². The molecule has 0 aliphatic carbocycles. The van der Waals surface area contributed by atoms with Crippen LogP contribution >= 0.6 is 0 Å². The van der Waals surface area contributed by atoms with Gasteiger partial charge in [0.15, 0.2) is 11.5 Å². The normalized spacial score (nSPS) is 17.0. The van der Waals surface area contributed by atoms with E-state index in [9.17, 15) is 4.79 Å². The maximum atomic E-state index is 12.1. The highest BCUT2D eigenvalue weighted by Gasteiger charge is 2.25. The molecule has 2 aromatic heterocycles. The lowest BCUT2D eigenvalue weighted by molar-refractivity contribution is 0.249. The maximum Gasteiger partial charge on any atom is 0.319 e. The van der Waals surface area contributed by atoms with Crippen LogP contribution in [0.5, 0.6) is 0 Å². The van der Waals surface area contributed by atoms with Crippen molar-refractivity contribution in [2.45, 2.75) is 19.4 Å². The van der Waals surface area contributed by atoms with E-state index in [0.29, 0.717) is 0 Å². The molecular weight excluding hydrogens is 318 g/mol. The summed E-state index contributed by atoms with van der Waals surface area (Å²) in [7, 11) is 0. The molecule has 4 rings (SSSR count). The summed E-state index contributed by atoms with van der Waals surface area (Å²) < 4.78 is 1.73. The average Bonchev–Trinajstić information content (AvgIpc) is 3.23. The van der Waals surface area contributed by atoms with Gasteiger partial charge in [-0.25, -0.2) is 4.79 Å². The van der Waals surface area contributed by atoms with Crippen LogP contribution < -0.4 is 15.5 Å². The van der Waals surface area contributed by atoms with E-state index in [0.717, 1.165) is 42.5 Å². The summed E-state index contributed by atoms with van der Waals surface area (Å²) in [5, 5.41) is 18.5. The summed E-state index contributed by atoms with van der Waals surface area (Å²) >= 11 is 0. The third-order valence-corrected chi connectivity index (χ3v) is 4.28. The summed E-state index contributed by atoms with van der Waals surface area (Å²) in [6, 6.07) is 13.2. The van der Waals surface area contributed by atoms with Gasteiger partial charge in [0.2, 0.25) is 0 Å². The first-order valence-electron chi connectivity index (χ1n) is 8.25. The van der Waals surface area contributed by atoms with Crippen molar-refractivity contribution in [2.24, 2.45) is 0 Å². The number of fused-ring (bicyclic) bond motifs is 1.